The molecular formula is C16H24BrNO2. The zero-order valence-electron chi connectivity index (χ0n) is 12.6. The third kappa shape index (κ3) is 3.29. The van der Waals surface area contributed by atoms with Gasteiger partial charge >= 0.3 is 0 Å². The molecule has 4 heteroatoms. The number of hydrogen-bond acceptors (Lipinski definition) is 3. The van der Waals surface area contributed by atoms with Crippen LogP contribution in [0.15, 0.2) is 10.5 Å². The molecule has 0 bridgehead atoms. The van der Waals surface area contributed by atoms with Crippen molar-refractivity contribution in [1.29, 1.82) is 0 Å². The minimum Gasteiger partial charge on any atom is -0.493 e. The molecule has 0 spiro atoms. The smallest absolute Gasteiger partial charge is 0.175 e. The highest BCUT2D eigenvalue weighted by Gasteiger charge is 2.21. The van der Waals surface area contributed by atoms with Crippen molar-refractivity contribution in [2.45, 2.75) is 32.6 Å². The summed E-state index contributed by atoms with van der Waals surface area (Å²) in [5.74, 6) is 2.46. The molecule has 1 aromatic carbocycles. The van der Waals surface area contributed by atoms with Gasteiger partial charge in [0.25, 0.3) is 0 Å². The maximum Gasteiger partial charge on any atom is 0.175 e. The van der Waals surface area contributed by atoms with Crippen LogP contribution in [0.2, 0.25) is 0 Å². The lowest BCUT2D eigenvalue weighted by Crippen LogP contribution is -2.28. The quantitative estimate of drug-likeness (QED) is 0.887. The Morgan fingerprint density at radius 1 is 1.20 bits per heavy atom. The molecule has 1 N–H and O–H groups in total. The molecule has 1 aliphatic rings. The topological polar surface area (TPSA) is 30.5 Å². The number of methoxy groups -OCH3 is 2. The van der Waals surface area contributed by atoms with E-state index in [2.05, 4.69) is 34.2 Å². The van der Waals surface area contributed by atoms with Crippen molar-refractivity contribution in [3.63, 3.8) is 0 Å². The van der Waals surface area contributed by atoms with Crippen molar-refractivity contribution in [2.24, 2.45) is 5.92 Å². The summed E-state index contributed by atoms with van der Waals surface area (Å²) in [5.41, 5.74) is 2.68. The Labute approximate surface area is 130 Å². The fraction of sp³-hybridized carbons (Fsp3) is 0.625. The molecule has 1 heterocycles. The Morgan fingerprint density at radius 2 is 1.85 bits per heavy atom. The van der Waals surface area contributed by atoms with Gasteiger partial charge in [0.15, 0.2) is 11.5 Å². The number of rotatable bonds is 5. The lowest BCUT2D eigenvalue weighted by molar-refractivity contribution is 0.346. The first-order valence-corrected chi connectivity index (χ1v) is 8.13. The summed E-state index contributed by atoms with van der Waals surface area (Å²) in [6.45, 7) is 4.46. The highest BCUT2D eigenvalue weighted by molar-refractivity contribution is 9.10. The predicted octanol–water partition coefficient (Wildman–Crippen LogP) is 3.57. The van der Waals surface area contributed by atoms with Crippen LogP contribution in [0, 0.1) is 5.92 Å². The third-order valence-electron chi connectivity index (χ3n) is 4.11. The summed E-state index contributed by atoms with van der Waals surface area (Å²) in [6, 6.07) is 2.21. The van der Waals surface area contributed by atoms with Gasteiger partial charge in [0, 0.05) is 5.56 Å². The van der Waals surface area contributed by atoms with E-state index in [4.69, 9.17) is 9.47 Å². The van der Waals surface area contributed by atoms with Gasteiger partial charge < -0.3 is 14.8 Å². The summed E-state index contributed by atoms with van der Waals surface area (Å²) in [5, 5.41) is 3.43. The number of nitrogens with one attached hydrogen (secondary N) is 1. The molecule has 0 atom stereocenters. The van der Waals surface area contributed by atoms with Gasteiger partial charge in [0.2, 0.25) is 0 Å². The molecule has 0 aromatic heterocycles. The van der Waals surface area contributed by atoms with Gasteiger partial charge in [-0.3, -0.25) is 0 Å². The largest absolute Gasteiger partial charge is 0.493 e. The second-order valence-corrected chi connectivity index (χ2v) is 6.17. The molecule has 3 nitrogen and oxygen atoms in total. The first-order valence-electron chi connectivity index (χ1n) is 7.34. The normalized spacial score (nSPS) is 16.2. The fourth-order valence-corrected chi connectivity index (χ4v) is 3.69. The van der Waals surface area contributed by atoms with Gasteiger partial charge in [-0.15, -0.1) is 0 Å². The predicted molar refractivity (Wildman–Crippen MR) is 85.9 cm³/mol. The summed E-state index contributed by atoms with van der Waals surface area (Å²) in [6.07, 6.45) is 4.61. The number of hydrogen-bond donors (Lipinski definition) is 1. The van der Waals surface area contributed by atoms with E-state index in [1.165, 1.54) is 24.0 Å². The average Bonchev–Trinajstić information content (AvgIpc) is 2.47. The van der Waals surface area contributed by atoms with Crippen LogP contribution < -0.4 is 14.8 Å². The molecule has 0 saturated carbocycles. The van der Waals surface area contributed by atoms with Crippen molar-refractivity contribution >= 4 is 15.9 Å². The maximum atomic E-state index is 5.60. The molecular weight excluding hydrogens is 318 g/mol. The molecule has 2 rings (SSSR count). The van der Waals surface area contributed by atoms with Gasteiger partial charge in [0.05, 0.1) is 18.7 Å². The number of benzene rings is 1. The van der Waals surface area contributed by atoms with Crippen LogP contribution >= 0.6 is 15.9 Å². The van der Waals surface area contributed by atoms with Gasteiger partial charge in [-0.1, -0.05) is 6.92 Å². The van der Waals surface area contributed by atoms with E-state index < -0.39 is 0 Å². The first-order chi connectivity index (χ1) is 9.71. The van der Waals surface area contributed by atoms with Crippen LogP contribution in [0.25, 0.3) is 0 Å². The van der Waals surface area contributed by atoms with E-state index in [0.29, 0.717) is 0 Å². The molecule has 1 aromatic rings. The highest BCUT2D eigenvalue weighted by atomic mass is 79.9. The summed E-state index contributed by atoms with van der Waals surface area (Å²) in [7, 11) is 3.41. The monoisotopic (exact) mass is 341 g/mol. The Bertz CT molecular complexity index is 456. The zero-order valence-corrected chi connectivity index (χ0v) is 14.2. The Kier molecular flexibility index (Phi) is 5.73. The molecule has 0 aliphatic carbocycles. The molecule has 112 valence electrons. The van der Waals surface area contributed by atoms with Gasteiger partial charge in [-0.25, -0.2) is 0 Å². The molecule has 0 unspecified atom stereocenters. The van der Waals surface area contributed by atoms with Crippen LogP contribution in [-0.2, 0) is 12.8 Å². The SMILES string of the molecule is CCc1c(CC2CCNCC2)cc(Br)c(OC)c1OC. The van der Waals surface area contributed by atoms with E-state index in [-0.39, 0.29) is 0 Å². The van der Waals surface area contributed by atoms with Crippen molar-refractivity contribution < 1.29 is 9.47 Å². The summed E-state index contributed by atoms with van der Waals surface area (Å²) >= 11 is 3.61. The van der Waals surface area contributed by atoms with E-state index in [1.807, 2.05) is 0 Å². The number of ether oxygens (including phenoxy) is 2. The lowest BCUT2D eigenvalue weighted by Gasteiger charge is -2.25. The van der Waals surface area contributed by atoms with Crippen molar-refractivity contribution in [3.05, 3.63) is 21.7 Å². The van der Waals surface area contributed by atoms with E-state index in [9.17, 15) is 0 Å². The highest BCUT2D eigenvalue weighted by Crippen LogP contribution is 2.41. The van der Waals surface area contributed by atoms with E-state index in [0.717, 1.165) is 47.8 Å². The second kappa shape index (κ2) is 7.32. The fourth-order valence-electron chi connectivity index (χ4n) is 3.07. The Hall–Kier alpha value is -0.740. The van der Waals surface area contributed by atoms with Gasteiger partial charge in [-0.2, -0.15) is 0 Å². The summed E-state index contributed by atoms with van der Waals surface area (Å²) < 4.78 is 12.1. The zero-order chi connectivity index (χ0) is 14.5. The molecule has 1 fully saturated rings. The van der Waals surface area contributed by atoms with Crippen LogP contribution in [0.4, 0.5) is 0 Å². The maximum absolute atomic E-state index is 5.60. The first kappa shape index (κ1) is 15.6. The minimum absolute atomic E-state index is 0.770. The van der Waals surface area contributed by atoms with E-state index in [1.54, 1.807) is 14.2 Å². The van der Waals surface area contributed by atoms with Crippen LogP contribution in [0.3, 0.4) is 0 Å². The Morgan fingerprint density at radius 3 is 2.40 bits per heavy atom. The van der Waals surface area contributed by atoms with Gasteiger partial charge in [-0.05, 0) is 72.3 Å². The average molecular weight is 342 g/mol. The van der Waals surface area contributed by atoms with Crippen molar-refractivity contribution in [3.8, 4) is 11.5 Å². The number of piperidine rings is 1. The number of halogens is 1. The van der Waals surface area contributed by atoms with Crippen LogP contribution in [0.1, 0.15) is 30.9 Å². The van der Waals surface area contributed by atoms with E-state index >= 15 is 0 Å². The Balaban J connectivity index is 2.33. The van der Waals surface area contributed by atoms with Crippen LogP contribution in [0.5, 0.6) is 11.5 Å². The van der Waals surface area contributed by atoms with Crippen molar-refractivity contribution in [2.75, 3.05) is 27.3 Å². The minimum atomic E-state index is 0.770. The lowest BCUT2D eigenvalue weighted by atomic mass is 9.88. The van der Waals surface area contributed by atoms with Crippen molar-refractivity contribution in [1.82, 2.24) is 5.32 Å². The molecule has 1 aliphatic heterocycles. The molecule has 1 saturated heterocycles. The molecule has 20 heavy (non-hydrogen) atoms. The standard InChI is InChI=1S/C16H24BrNO2/c1-4-13-12(9-11-5-7-18-8-6-11)10-14(17)16(20-3)15(13)19-2/h10-11,18H,4-9H2,1-3H3. The molecule has 0 amide bonds. The second-order valence-electron chi connectivity index (χ2n) is 5.31. The summed E-state index contributed by atoms with van der Waals surface area (Å²) in [4.78, 5) is 0. The van der Waals surface area contributed by atoms with Crippen LogP contribution in [-0.4, -0.2) is 27.3 Å². The third-order valence-corrected chi connectivity index (χ3v) is 4.70. The molecule has 0 radical (unpaired) electrons. The van der Waals surface area contributed by atoms with Gasteiger partial charge in [0.1, 0.15) is 0 Å².